The zero-order chi connectivity index (χ0) is 18.2. The molecular formula is C19H22N2O3S. The number of hydrogen-bond acceptors (Lipinski definition) is 4. The van der Waals surface area contributed by atoms with Crippen LogP contribution in [0, 0.1) is 6.92 Å². The molecule has 0 atom stereocenters. The molecule has 0 amide bonds. The third-order valence-electron chi connectivity index (χ3n) is 3.63. The molecule has 6 heteroatoms. The van der Waals surface area contributed by atoms with Crippen LogP contribution in [0.5, 0.6) is 5.75 Å². The first-order valence-electron chi connectivity index (χ1n) is 7.99. The fraction of sp³-hybridized carbons (Fsp3) is 0.263. The minimum Gasteiger partial charge on any atom is -0.496 e. The number of methoxy groups -OCH3 is 1. The summed E-state index contributed by atoms with van der Waals surface area (Å²) in [5.74, 6) is 0.455. The van der Waals surface area contributed by atoms with Gasteiger partial charge < -0.3 is 20.1 Å². The second kappa shape index (κ2) is 9.03. The number of rotatable bonds is 6. The smallest absolute Gasteiger partial charge is 0.338 e. The van der Waals surface area contributed by atoms with E-state index in [4.69, 9.17) is 21.7 Å². The van der Waals surface area contributed by atoms with Crippen LogP contribution in [0.4, 0.5) is 5.69 Å². The maximum atomic E-state index is 11.9. The maximum Gasteiger partial charge on any atom is 0.338 e. The number of nitrogens with one attached hydrogen (secondary N) is 2. The van der Waals surface area contributed by atoms with Crippen molar-refractivity contribution in [3.63, 3.8) is 0 Å². The summed E-state index contributed by atoms with van der Waals surface area (Å²) in [6.45, 7) is 4.60. The molecule has 0 aliphatic carbocycles. The normalized spacial score (nSPS) is 10.0. The van der Waals surface area contributed by atoms with Crippen molar-refractivity contribution >= 4 is 29.0 Å². The highest BCUT2D eigenvalue weighted by atomic mass is 32.1. The molecule has 2 N–H and O–H groups in total. The summed E-state index contributed by atoms with van der Waals surface area (Å²) < 4.78 is 10.4. The van der Waals surface area contributed by atoms with Gasteiger partial charge in [-0.1, -0.05) is 24.3 Å². The number of ether oxygens (including phenoxy) is 2. The Bertz CT molecular complexity index is 762. The van der Waals surface area contributed by atoms with Crippen molar-refractivity contribution in [2.75, 3.05) is 19.0 Å². The number of benzene rings is 2. The fourth-order valence-corrected chi connectivity index (χ4v) is 2.47. The Morgan fingerprint density at radius 1 is 1.20 bits per heavy atom. The summed E-state index contributed by atoms with van der Waals surface area (Å²) in [6.07, 6.45) is 0. The summed E-state index contributed by atoms with van der Waals surface area (Å²) in [5.41, 5.74) is 3.24. The number of aryl methyl sites for hydroxylation is 1. The van der Waals surface area contributed by atoms with Gasteiger partial charge in [0.2, 0.25) is 0 Å². The van der Waals surface area contributed by atoms with E-state index in [1.54, 1.807) is 26.2 Å². The zero-order valence-corrected chi connectivity index (χ0v) is 15.4. The van der Waals surface area contributed by atoms with Gasteiger partial charge in [-0.15, -0.1) is 0 Å². The Kier molecular flexibility index (Phi) is 6.77. The Morgan fingerprint density at radius 2 is 1.96 bits per heavy atom. The molecule has 0 bridgehead atoms. The summed E-state index contributed by atoms with van der Waals surface area (Å²) in [5, 5.41) is 6.74. The summed E-state index contributed by atoms with van der Waals surface area (Å²) in [6, 6.07) is 13.1. The van der Waals surface area contributed by atoms with Crippen molar-refractivity contribution in [3.8, 4) is 5.75 Å². The van der Waals surface area contributed by atoms with Crippen LogP contribution in [0.25, 0.3) is 0 Å². The van der Waals surface area contributed by atoms with Crippen LogP contribution in [0.2, 0.25) is 0 Å². The van der Waals surface area contributed by atoms with Gasteiger partial charge in [-0.05, 0) is 49.8 Å². The zero-order valence-electron chi connectivity index (χ0n) is 14.6. The molecule has 2 aromatic carbocycles. The average Bonchev–Trinajstić information content (AvgIpc) is 2.62. The van der Waals surface area contributed by atoms with Gasteiger partial charge in [-0.3, -0.25) is 0 Å². The van der Waals surface area contributed by atoms with Crippen molar-refractivity contribution in [3.05, 3.63) is 59.2 Å². The van der Waals surface area contributed by atoms with Crippen LogP contribution in [0.3, 0.4) is 0 Å². The molecule has 0 heterocycles. The van der Waals surface area contributed by atoms with Gasteiger partial charge in [0.05, 0.1) is 19.3 Å². The first-order chi connectivity index (χ1) is 12.0. The van der Waals surface area contributed by atoms with Crippen LogP contribution in [0.1, 0.15) is 28.4 Å². The van der Waals surface area contributed by atoms with E-state index in [9.17, 15) is 4.79 Å². The highest BCUT2D eigenvalue weighted by Gasteiger charge is 2.10. The number of carbonyl (C=O) groups excluding carboxylic acids is 1. The number of anilines is 1. The monoisotopic (exact) mass is 358 g/mol. The molecule has 2 rings (SSSR count). The quantitative estimate of drug-likeness (QED) is 0.607. The Morgan fingerprint density at radius 3 is 2.68 bits per heavy atom. The Hall–Kier alpha value is -2.60. The number of carbonyl (C=O) groups is 1. The lowest BCUT2D eigenvalue weighted by Gasteiger charge is -2.15. The molecule has 2 aromatic rings. The highest BCUT2D eigenvalue weighted by Crippen LogP contribution is 2.19. The third kappa shape index (κ3) is 5.19. The van der Waals surface area contributed by atoms with E-state index in [0.29, 0.717) is 23.8 Å². The molecule has 0 spiro atoms. The number of para-hydroxylation sites is 1. The van der Waals surface area contributed by atoms with E-state index in [0.717, 1.165) is 22.6 Å². The molecule has 0 fully saturated rings. The maximum absolute atomic E-state index is 11.9. The third-order valence-corrected chi connectivity index (χ3v) is 3.88. The van der Waals surface area contributed by atoms with Gasteiger partial charge in [-0.25, -0.2) is 4.79 Å². The average molecular weight is 358 g/mol. The predicted molar refractivity (Wildman–Crippen MR) is 103 cm³/mol. The van der Waals surface area contributed by atoms with E-state index in [1.807, 2.05) is 37.3 Å². The van der Waals surface area contributed by atoms with Crippen molar-refractivity contribution in [2.24, 2.45) is 0 Å². The van der Waals surface area contributed by atoms with E-state index >= 15 is 0 Å². The van der Waals surface area contributed by atoms with Crippen molar-refractivity contribution in [1.29, 1.82) is 0 Å². The van der Waals surface area contributed by atoms with Gasteiger partial charge in [0.25, 0.3) is 0 Å². The van der Waals surface area contributed by atoms with Gasteiger partial charge in [0, 0.05) is 17.8 Å². The van der Waals surface area contributed by atoms with Crippen molar-refractivity contribution in [1.82, 2.24) is 5.32 Å². The molecular weight excluding hydrogens is 336 g/mol. The lowest BCUT2D eigenvalue weighted by atomic mass is 10.1. The summed E-state index contributed by atoms with van der Waals surface area (Å²) >= 11 is 5.36. The van der Waals surface area contributed by atoms with Gasteiger partial charge in [0.1, 0.15) is 5.75 Å². The standard InChI is InChI=1S/C19H22N2O3S/c1-4-24-18(22)14-10-9-13(2)16(11-14)21-19(25)20-12-15-7-5-6-8-17(15)23-3/h5-11H,4,12H2,1-3H3,(H2,20,21,25). The molecule has 0 aliphatic heterocycles. The van der Waals surface area contributed by atoms with E-state index in [1.165, 1.54) is 0 Å². The first-order valence-corrected chi connectivity index (χ1v) is 8.40. The van der Waals surface area contributed by atoms with E-state index < -0.39 is 0 Å². The molecule has 0 aliphatic rings. The highest BCUT2D eigenvalue weighted by molar-refractivity contribution is 7.80. The van der Waals surface area contributed by atoms with E-state index in [2.05, 4.69) is 10.6 Å². The lowest BCUT2D eigenvalue weighted by Crippen LogP contribution is -2.28. The number of hydrogen-bond donors (Lipinski definition) is 2. The molecule has 132 valence electrons. The largest absolute Gasteiger partial charge is 0.496 e. The van der Waals surface area contributed by atoms with Crippen molar-refractivity contribution in [2.45, 2.75) is 20.4 Å². The second-order valence-corrected chi connectivity index (χ2v) is 5.78. The topological polar surface area (TPSA) is 59.6 Å². The SMILES string of the molecule is CCOC(=O)c1ccc(C)c(NC(=S)NCc2ccccc2OC)c1. The van der Waals surface area contributed by atoms with Crippen LogP contribution in [-0.4, -0.2) is 24.8 Å². The van der Waals surface area contributed by atoms with Crippen LogP contribution in [-0.2, 0) is 11.3 Å². The van der Waals surface area contributed by atoms with Crippen LogP contribution < -0.4 is 15.4 Å². The molecule has 0 saturated heterocycles. The molecule has 5 nitrogen and oxygen atoms in total. The molecule has 0 radical (unpaired) electrons. The van der Waals surface area contributed by atoms with Crippen LogP contribution >= 0.6 is 12.2 Å². The van der Waals surface area contributed by atoms with Crippen molar-refractivity contribution < 1.29 is 14.3 Å². The second-order valence-electron chi connectivity index (χ2n) is 5.37. The molecule has 25 heavy (non-hydrogen) atoms. The van der Waals surface area contributed by atoms with Crippen LogP contribution in [0.15, 0.2) is 42.5 Å². The van der Waals surface area contributed by atoms with Gasteiger partial charge >= 0.3 is 5.97 Å². The van der Waals surface area contributed by atoms with Gasteiger partial charge in [0.15, 0.2) is 5.11 Å². The predicted octanol–water partition coefficient (Wildman–Crippen LogP) is 3.67. The minimum atomic E-state index is -0.349. The number of thiocarbonyl (C=S) groups is 1. The Labute approximate surface area is 153 Å². The summed E-state index contributed by atoms with van der Waals surface area (Å²) in [4.78, 5) is 11.9. The Balaban J connectivity index is 2.02. The molecule has 0 aromatic heterocycles. The minimum absolute atomic E-state index is 0.342. The fourth-order valence-electron chi connectivity index (χ4n) is 2.29. The molecule has 0 unspecified atom stereocenters. The molecule has 0 saturated carbocycles. The summed E-state index contributed by atoms with van der Waals surface area (Å²) in [7, 11) is 1.64. The first kappa shape index (κ1) is 18.7. The van der Waals surface area contributed by atoms with E-state index in [-0.39, 0.29) is 5.97 Å². The van der Waals surface area contributed by atoms with Gasteiger partial charge in [-0.2, -0.15) is 0 Å². The number of esters is 1. The lowest BCUT2D eigenvalue weighted by molar-refractivity contribution is 0.0526.